The number of ether oxygens (including phenoxy) is 2. The quantitative estimate of drug-likeness (QED) is 0.674. The third-order valence-corrected chi connectivity index (χ3v) is 4.86. The lowest BCUT2D eigenvalue weighted by Gasteiger charge is -2.11. The molecule has 5 nitrogen and oxygen atoms in total. The standard InChI is InChI=1S/C19H23NO4/c1-10(2)6-13-17(19(13,4)5)18(22)20-14-8-16-15(23-9-24-16)7-12(14)11(3)21/h6-8,13,17H,9H2,1-5H3,(H,20,22)/t13-,17-/m1/s1. The summed E-state index contributed by atoms with van der Waals surface area (Å²) in [5, 5.41) is 2.92. The number of benzene rings is 1. The topological polar surface area (TPSA) is 64.6 Å². The minimum absolute atomic E-state index is 0.0659. The van der Waals surface area contributed by atoms with Crippen LogP contribution in [-0.4, -0.2) is 18.5 Å². The SMILES string of the molecule is CC(=O)c1cc2c(cc1NC(=O)[C@H]1[C@@H](C=C(C)C)C1(C)C)OCO2. The zero-order valence-electron chi connectivity index (χ0n) is 14.7. The number of amides is 1. The van der Waals surface area contributed by atoms with Crippen molar-refractivity contribution in [3.05, 3.63) is 29.3 Å². The predicted octanol–water partition coefficient (Wildman–Crippen LogP) is 3.79. The van der Waals surface area contributed by atoms with Crippen molar-refractivity contribution in [2.24, 2.45) is 17.3 Å². The Hall–Kier alpha value is -2.30. The normalized spacial score (nSPS) is 22.7. The fourth-order valence-electron chi connectivity index (χ4n) is 3.40. The number of rotatable bonds is 4. The monoisotopic (exact) mass is 329 g/mol. The van der Waals surface area contributed by atoms with E-state index in [1.54, 1.807) is 12.1 Å². The average molecular weight is 329 g/mol. The number of nitrogens with one attached hydrogen (secondary N) is 1. The molecule has 24 heavy (non-hydrogen) atoms. The van der Waals surface area contributed by atoms with Crippen molar-refractivity contribution in [3.8, 4) is 11.5 Å². The van der Waals surface area contributed by atoms with Crippen LogP contribution in [0.1, 0.15) is 45.0 Å². The molecule has 0 saturated heterocycles. The molecule has 2 atom stereocenters. The van der Waals surface area contributed by atoms with Crippen molar-refractivity contribution in [1.82, 2.24) is 0 Å². The second kappa shape index (κ2) is 5.65. The van der Waals surface area contributed by atoms with Gasteiger partial charge in [0.25, 0.3) is 0 Å². The van der Waals surface area contributed by atoms with Crippen molar-refractivity contribution >= 4 is 17.4 Å². The lowest BCUT2D eigenvalue weighted by molar-refractivity contribution is -0.118. The van der Waals surface area contributed by atoms with E-state index in [0.717, 1.165) is 0 Å². The van der Waals surface area contributed by atoms with Gasteiger partial charge in [0, 0.05) is 11.6 Å². The summed E-state index contributed by atoms with van der Waals surface area (Å²) in [6.45, 7) is 9.85. The number of Topliss-reactive ketones (excluding diaryl/α,β-unsaturated/α-hetero) is 1. The third-order valence-electron chi connectivity index (χ3n) is 4.86. The molecule has 0 spiro atoms. The number of hydrogen-bond donors (Lipinski definition) is 1. The highest BCUT2D eigenvalue weighted by Gasteiger charge is 2.60. The van der Waals surface area contributed by atoms with Crippen molar-refractivity contribution in [2.45, 2.75) is 34.6 Å². The first-order chi connectivity index (χ1) is 11.2. The van der Waals surface area contributed by atoms with Gasteiger partial charge in [0.1, 0.15) is 0 Å². The van der Waals surface area contributed by atoms with Gasteiger partial charge < -0.3 is 14.8 Å². The molecule has 1 aliphatic heterocycles. The van der Waals surface area contributed by atoms with Crippen molar-refractivity contribution in [2.75, 3.05) is 12.1 Å². The summed E-state index contributed by atoms with van der Waals surface area (Å²) in [6.07, 6.45) is 2.15. The van der Waals surface area contributed by atoms with Gasteiger partial charge in [0.05, 0.1) is 11.6 Å². The maximum Gasteiger partial charge on any atom is 0.231 e. The van der Waals surface area contributed by atoms with Crippen LogP contribution in [-0.2, 0) is 4.79 Å². The second-order valence-corrected chi connectivity index (χ2v) is 7.37. The number of carbonyl (C=O) groups is 2. The summed E-state index contributed by atoms with van der Waals surface area (Å²) in [7, 11) is 0. The molecule has 1 aliphatic carbocycles. The van der Waals surface area contributed by atoms with Crippen molar-refractivity contribution in [3.63, 3.8) is 0 Å². The highest BCUT2D eigenvalue weighted by Crippen LogP contribution is 2.59. The number of allylic oxidation sites excluding steroid dienone is 2. The molecule has 0 bridgehead atoms. The van der Waals surface area contributed by atoms with Crippen LogP contribution < -0.4 is 14.8 Å². The molecular weight excluding hydrogens is 306 g/mol. The average Bonchev–Trinajstić information content (AvgIpc) is 2.83. The van der Waals surface area contributed by atoms with E-state index in [4.69, 9.17) is 9.47 Å². The Morgan fingerprint density at radius 3 is 2.38 bits per heavy atom. The van der Waals surface area contributed by atoms with Gasteiger partial charge in [0.2, 0.25) is 12.7 Å². The Labute approximate surface area is 142 Å². The third kappa shape index (κ3) is 2.79. The first-order valence-corrected chi connectivity index (χ1v) is 8.12. The van der Waals surface area contributed by atoms with Gasteiger partial charge in [-0.15, -0.1) is 0 Å². The molecule has 1 heterocycles. The van der Waals surface area contributed by atoms with E-state index < -0.39 is 0 Å². The van der Waals surface area contributed by atoms with Crippen molar-refractivity contribution < 1.29 is 19.1 Å². The molecule has 3 rings (SSSR count). The van der Waals surface area contributed by atoms with E-state index in [1.165, 1.54) is 12.5 Å². The highest BCUT2D eigenvalue weighted by atomic mass is 16.7. The van der Waals surface area contributed by atoms with Crippen LogP contribution in [0.4, 0.5) is 5.69 Å². The van der Waals surface area contributed by atoms with Crippen LogP contribution >= 0.6 is 0 Å². The summed E-state index contributed by atoms with van der Waals surface area (Å²) in [6, 6.07) is 3.30. The van der Waals surface area contributed by atoms with E-state index >= 15 is 0 Å². The zero-order valence-corrected chi connectivity index (χ0v) is 14.7. The maximum absolute atomic E-state index is 12.7. The Balaban J connectivity index is 1.85. The number of carbonyl (C=O) groups excluding carboxylic acids is 2. The largest absolute Gasteiger partial charge is 0.454 e. The van der Waals surface area contributed by atoms with E-state index in [-0.39, 0.29) is 35.7 Å². The van der Waals surface area contributed by atoms with Crippen LogP contribution in [0.25, 0.3) is 0 Å². The Morgan fingerprint density at radius 2 is 1.79 bits per heavy atom. The van der Waals surface area contributed by atoms with Gasteiger partial charge in [-0.25, -0.2) is 0 Å². The Bertz CT molecular complexity index is 744. The molecular formula is C19H23NO4. The molecule has 0 radical (unpaired) electrons. The van der Waals surface area contributed by atoms with Gasteiger partial charge >= 0.3 is 0 Å². The fourth-order valence-corrected chi connectivity index (χ4v) is 3.40. The van der Waals surface area contributed by atoms with Gasteiger partial charge in [-0.05, 0) is 38.2 Å². The molecule has 1 fully saturated rings. The summed E-state index contributed by atoms with van der Waals surface area (Å²) < 4.78 is 10.7. The van der Waals surface area contributed by atoms with Crippen LogP contribution in [0.5, 0.6) is 11.5 Å². The molecule has 2 aliphatic rings. The molecule has 1 aromatic rings. The van der Waals surface area contributed by atoms with Crippen molar-refractivity contribution in [1.29, 1.82) is 0 Å². The lowest BCUT2D eigenvalue weighted by atomic mass is 10.1. The smallest absolute Gasteiger partial charge is 0.231 e. The van der Waals surface area contributed by atoms with Gasteiger partial charge in [-0.1, -0.05) is 25.5 Å². The molecule has 128 valence electrons. The van der Waals surface area contributed by atoms with Crippen LogP contribution in [0.2, 0.25) is 0 Å². The van der Waals surface area contributed by atoms with Crippen LogP contribution in [0, 0.1) is 17.3 Å². The maximum atomic E-state index is 12.7. The number of hydrogen-bond acceptors (Lipinski definition) is 4. The fraction of sp³-hybridized carbons (Fsp3) is 0.474. The Morgan fingerprint density at radius 1 is 1.17 bits per heavy atom. The van der Waals surface area contributed by atoms with E-state index in [2.05, 4.69) is 25.2 Å². The number of fused-ring (bicyclic) bond motifs is 1. The van der Waals surface area contributed by atoms with E-state index in [9.17, 15) is 9.59 Å². The van der Waals surface area contributed by atoms with Gasteiger partial charge in [-0.3, -0.25) is 9.59 Å². The number of ketones is 1. The summed E-state index contributed by atoms with van der Waals surface area (Å²) >= 11 is 0. The Kier molecular flexibility index (Phi) is 3.90. The van der Waals surface area contributed by atoms with E-state index in [1.807, 2.05) is 13.8 Å². The lowest BCUT2D eigenvalue weighted by Crippen LogP contribution is -2.18. The summed E-state index contributed by atoms with van der Waals surface area (Å²) in [4.78, 5) is 24.6. The summed E-state index contributed by atoms with van der Waals surface area (Å²) in [5.74, 6) is 1.01. The highest BCUT2D eigenvalue weighted by molar-refractivity contribution is 6.05. The molecule has 1 saturated carbocycles. The first-order valence-electron chi connectivity index (χ1n) is 8.12. The van der Waals surface area contributed by atoms with Gasteiger partial charge in [0.15, 0.2) is 17.3 Å². The molecule has 1 N–H and O–H groups in total. The van der Waals surface area contributed by atoms with E-state index in [0.29, 0.717) is 22.7 Å². The van der Waals surface area contributed by atoms with Crippen LogP contribution in [0.3, 0.4) is 0 Å². The minimum Gasteiger partial charge on any atom is -0.454 e. The van der Waals surface area contributed by atoms with Crippen LogP contribution in [0.15, 0.2) is 23.8 Å². The summed E-state index contributed by atoms with van der Waals surface area (Å²) in [5.41, 5.74) is 2.05. The molecule has 1 amide bonds. The molecule has 1 aromatic carbocycles. The van der Waals surface area contributed by atoms with Gasteiger partial charge in [-0.2, -0.15) is 0 Å². The number of anilines is 1. The predicted molar refractivity (Wildman–Crippen MR) is 91.4 cm³/mol. The molecule has 5 heteroatoms. The zero-order chi connectivity index (χ0) is 17.6. The molecule has 0 aromatic heterocycles. The molecule has 0 unspecified atom stereocenters. The second-order valence-electron chi connectivity index (χ2n) is 7.37. The first kappa shape index (κ1) is 16.6. The minimum atomic E-state index is -0.125.